The van der Waals surface area contributed by atoms with Gasteiger partial charge in [0.15, 0.2) is 11.5 Å². The molecule has 31 heavy (non-hydrogen) atoms. The molecule has 0 bridgehead atoms. The fourth-order valence-corrected chi connectivity index (χ4v) is 2.82. The standard InChI is InChI=1S/C23H18ClNO6/c1-30-19-10-11-20(21(26)12-7-15-5-8-17(24)9-6-15)22(14-19)31-23(27)16-3-2-4-18(13-16)25(28)29/h2-14,25,28H,1H3. The normalized spacial score (nSPS) is 11.9. The van der Waals surface area contributed by atoms with Gasteiger partial charge in [0.1, 0.15) is 11.5 Å². The van der Waals surface area contributed by atoms with Gasteiger partial charge in [-0.05, 0) is 42.0 Å². The first-order chi connectivity index (χ1) is 14.9. The first-order valence-electron chi connectivity index (χ1n) is 9.09. The number of methoxy groups -OCH3 is 1. The molecule has 7 nitrogen and oxygen atoms in total. The van der Waals surface area contributed by atoms with Gasteiger partial charge in [-0.2, -0.15) is 5.23 Å². The monoisotopic (exact) mass is 439 g/mol. The molecule has 0 aliphatic rings. The molecule has 0 aromatic heterocycles. The van der Waals surface area contributed by atoms with Gasteiger partial charge in [-0.1, -0.05) is 35.9 Å². The number of carbonyl (C=O) groups is 2. The Labute approximate surface area is 183 Å². The van der Waals surface area contributed by atoms with Gasteiger partial charge in [-0.3, -0.25) is 4.79 Å². The number of nitrogens with one attached hydrogen (secondary N) is 1. The highest BCUT2D eigenvalue weighted by atomic mass is 35.5. The van der Waals surface area contributed by atoms with Gasteiger partial charge in [0.25, 0.3) is 0 Å². The van der Waals surface area contributed by atoms with Crippen molar-refractivity contribution in [2.24, 2.45) is 0 Å². The molecule has 0 amide bonds. The zero-order valence-electron chi connectivity index (χ0n) is 16.4. The third-order valence-corrected chi connectivity index (χ3v) is 4.55. The average Bonchev–Trinajstić information content (AvgIpc) is 2.78. The maximum absolute atomic E-state index is 12.7. The molecular weight excluding hydrogens is 422 g/mol. The molecule has 0 aliphatic carbocycles. The van der Waals surface area contributed by atoms with Crippen LogP contribution in [0.5, 0.6) is 11.5 Å². The van der Waals surface area contributed by atoms with Crippen molar-refractivity contribution < 1.29 is 29.5 Å². The number of carbonyl (C=O) groups excluding carboxylic acids is 2. The summed E-state index contributed by atoms with van der Waals surface area (Å²) in [5.74, 6) is -0.803. The topological polar surface area (TPSA) is 100 Å². The number of esters is 1. The van der Waals surface area contributed by atoms with Crippen molar-refractivity contribution in [1.29, 1.82) is 0 Å². The third kappa shape index (κ3) is 5.78. The van der Waals surface area contributed by atoms with Gasteiger partial charge in [-0.15, -0.1) is 0 Å². The molecule has 1 atom stereocenters. The Morgan fingerprint density at radius 2 is 1.81 bits per heavy atom. The van der Waals surface area contributed by atoms with Gasteiger partial charge in [0.05, 0.1) is 18.2 Å². The van der Waals surface area contributed by atoms with E-state index in [0.717, 1.165) is 5.56 Å². The summed E-state index contributed by atoms with van der Waals surface area (Å²) in [5.41, 5.74) is 0.907. The van der Waals surface area contributed by atoms with Gasteiger partial charge in [-0.25, -0.2) is 10.0 Å². The molecule has 0 fully saturated rings. The lowest BCUT2D eigenvalue weighted by Gasteiger charge is -2.13. The number of ketones is 1. The number of rotatable bonds is 7. The quantitative estimate of drug-likeness (QED) is 0.190. The van der Waals surface area contributed by atoms with Crippen LogP contribution in [0.1, 0.15) is 26.3 Å². The number of hydrogen-bond donors (Lipinski definition) is 2. The van der Waals surface area contributed by atoms with Crippen LogP contribution in [0.4, 0.5) is 5.69 Å². The van der Waals surface area contributed by atoms with E-state index in [2.05, 4.69) is 0 Å². The Bertz CT molecular complexity index is 1130. The van der Waals surface area contributed by atoms with E-state index in [0.29, 0.717) is 10.8 Å². The summed E-state index contributed by atoms with van der Waals surface area (Å²) in [4.78, 5) is 25.3. The highest BCUT2D eigenvalue weighted by molar-refractivity contribution is 6.30. The maximum Gasteiger partial charge on any atom is 0.343 e. The van der Waals surface area contributed by atoms with Crippen molar-refractivity contribution in [2.45, 2.75) is 0 Å². The number of quaternary nitrogens is 1. The summed E-state index contributed by atoms with van der Waals surface area (Å²) < 4.78 is 10.6. The number of allylic oxidation sites excluding steroid dienone is 1. The second-order valence-electron chi connectivity index (χ2n) is 6.39. The Morgan fingerprint density at radius 1 is 1.06 bits per heavy atom. The van der Waals surface area contributed by atoms with Gasteiger partial charge in [0.2, 0.25) is 0 Å². The summed E-state index contributed by atoms with van der Waals surface area (Å²) in [6, 6.07) is 16.8. The summed E-state index contributed by atoms with van der Waals surface area (Å²) >= 11 is 5.86. The van der Waals surface area contributed by atoms with Crippen molar-refractivity contribution in [3.8, 4) is 11.5 Å². The summed E-state index contributed by atoms with van der Waals surface area (Å²) in [5, 5.41) is 19.7. The molecule has 3 aromatic carbocycles. The van der Waals surface area contributed by atoms with E-state index in [1.807, 2.05) is 0 Å². The molecule has 0 aliphatic heterocycles. The zero-order chi connectivity index (χ0) is 22.4. The lowest BCUT2D eigenvalue weighted by atomic mass is 10.1. The van der Waals surface area contributed by atoms with E-state index >= 15 is 0 Å². The SMILES string of the molecule is COc1ccc(C(=O)C=Cc2ccc(Cl)cc2)c(OC(=O)c2cccc([NH+]([O-])O)c2)c1. The van der Waals surface area contributed by atoms with E-state index in [1.165, 1.54) is 49.6 Å². The molecule has 8 heteroatoms. The molecule has 0 heterocycles. The lowest BCUT2D eigenvalue weighted by molar-refractivity contribution is -0.991. The summed E-state index contributed by atoms with van der Waals surface area (Å²) in [7, 11) is 1.44. The third-order valence-electron chi connectivity index (χ3n) is 4.30. The fourth-order valence-electron chi connectivity index (χ4n) is 2.69. The summed E-state index contributed by atoms with van der Waals surface area (Å²) in [6.07, 6.45) is 2.97. The molecule has 0 saturated heterocycles. The Balaban J connectivity index is 1.87. The van der Waals surface area contributed by atoms with Crippen LogP contribution in [0.15, 0.2) is 72.8 Å². The molecule has 0 spiro atoms. The minimum atomic E-state index is -1.17. The van der Waals surface area contributed by atoms with Crippen LogP contribution in [0.25, 0.3) is 6.08 Å². The highest BCUT2D eigenvalue weighted by Gasteiger charge is 2.17. The van der Waals surface area contributed by atoms with Crippen molar-refractivity contribution in [1.82, 2.24) is 0 Å². The number of halogens is 1. The molecule has 3 aromatic rings. The largest absolute Gasteiger partial charge is 0.595 e. The van der Waals surface area contributed by atoms with E-state index in [1.54, 1.807) is 36.4 Å². The van der Waals surface area contributed by atoms with E-state index < -0.39 is 11.2 Å². The molecule has 158 valence electrons. The van der Waals surface area contributed by atoms with Gasteiger partial charge in [0, 0.05) is 23.2 Å². The number of benzene rings is 3. The molecule has 0 radical (unpaired) electrons. The smallest absolute Gasteiger partial charge is 0.343 e. The van der Waals surface area contributed by atoms with Crippen molar-refractivity contribution in [2.75, 3.05) is 7.11 Å². The van der Waals surface area contributed by atoms with Gasteiger partial charge >= 0.3 is 5.97 Å². The van der Waals surface area contributed by atoms with Crippen molar-refractivity contribution >= 4 is 35.1 Å². The van der Waals surface area contributed by atoms with Gasteiger partial charge < -0.3 is 14.7 Å². The van der Waals surface area contributed by atoms with Crippen LogP contribution >= 0.6 is 11.6 Å². The average molecular weight is 440 g/mol. The first-order valence-corrected chi connectivity index (χ1v) is 9.46. The minimum Gasteiger partial charge on any atom is -0.595 e. The molecule has 0 saturated carbocycles. The van der Waals surface area contributed by atoms with Crippen molar-refractivity contribution in [3.63, 3.8) is 0 Å². The van der Waals surface area contributed by atoms with Crippen LogP contribution < -0.4 is 14.7 Å². The zero-order valence-corrected chi connectivity index (χ0v) is 17.1. The first kappa shape index (κ1) is 22.2. The number of ether oxygens (including phenoxy) is 2. The van der Waals surface area contributed by atoms with Crippen LogP contribution in [0, 0.1) is 5.21 Å². The molecule has 2 N–H and O–H groups in total. The molecule has 1 unspecified atom stereocenters. The van der Waals surface area contributed by atoms with E-state index in [4.69, 9.17) is 26.3 Å². The Morgan fingerprint density at radius 3 is 2.48 bits per heavy atom. The van der Waals surface area contributed by atoms with Crippen LogP contribution in [-0.4, -0.2) is 24.1 Å². The second kappa shape index (κ2) is 10.0. The molecule has 3 rings (SSSR count). The Hall–Kier alpha value is -3.49. The highest BCUT2D eigenvalue weighted by Crippen LogP contribution is 2.27. The minimum absolute atomic E-state index is 0.00386. The molecular formula is C23H18ClNO6. The second-order valence-corrected chi connectivity index (χ2v) is 6.82. The number of hydrogen-bond acceptors (Lipinski definition) is 6. The predicted octanol–water partition coefficient (Wildman–Crippen LogP) is 3.87. The van der Waals surface area contributed by atoms with Crippen LogP contribution in [0.3, 0.4) is 0 Å². The predicted molar refractivity (Wildman–Crippen MR) is 115 cm³/mol. The lowest BCUT2D eigenvalue weighted by Crippen LogP contribution is -2.99. The van der Waals surface area contributed by atoms with Crippen molar-refractivity contribution in [3.05, 3.63) is 99.7 Å². The van der Waals surface area contributed by atoms with Crippen LogP contribution in [0.2, 0.25) is 5.02 Å². The fraction of sp³-hybridized carbons (Fsp3) is 0.0435. The summed E-state index contributed by atoms with van der Waals surface area (Å²) in [6.45, 7) is 0. The van der Waals surface area contributed by atoms with E-state index in [-0.39, 0.29) is 28.3 Å². The van der Waals surface area contributed by atoms with Crippen LogP contribution in [-0.2, 0) is 0 Å². The van der Waals surface area contributed by atoms with E-state index in [9.17, 15) is 14.8 Å². The Kier molecular flexibility index (Phi) is 7.17. The maximum atomic E-state index is 12.7.